The molecule has 12 heteroatoms. The first-order valence-corrected chi connectivity index (χ1v) is 10.6. The van der Waals surface area contributed by atoms with Crippen LogP contribution in [0.5, 0.6) is 11.5 Å². The highest BCUT2D eigenvalue weighted by atomic mass is 32.2. The van der Waals surface area contributed by atoms with Crippen LogP contribution >= 0.6 is 0 Å². The quantitative estimate of drug-likeness (QED) is 0.352. The van der Waals surface area contributed by atoms with Crippen molar-refractivity contribution in [2.45, 2.75) is 12.7 Å². The molecule has 32 heavy (non-hydrogen) atoms. The highest BCUT2D eigenvalue weighted by Crippen LogP contribution is 2.29. The Kier molecular flexibility index (Phi) is 6.63. The van der Waals surface area contributed by atoms with Crippen LogP contribution in [0.2, 0.25) is 0 Å². The number of benzene rings is 2. The molecule has 0 saturated carbocycles. The van der Waals surface area contributed by atoms with E-state index in [1.807, 2.05) is 0 Å². The molecule has 0 aliphatic heterocycles. The molecule has 8 nitrogen and oxygen atoms in total. The van der Waals surface area contributed by atoms with Gasteiger partial charge < -0.3 is 4.74 Å². The van der Waals surface area contributed by atoms with Gasteiger partial charge in [0.25, 0.3) is 5.69 Å². The van der Waals surface area contributed by atoms with Crippen LogP contribution in [0.3, 0.4) is 0 Å². The smallest absolute Gasteiger partial charge is 0.404 e. The number of hydrogen-bond donors (Lipinski definition) is 0. The molecular formula is C20H16F3N3O5S. The van der Waals surface area contributed by atoms with Gasteiger partial charge in [-0.2, -0.15) is 13.2 Å². The van der Waals surface area contributed by atoms with Crippen LogP contribution in [0, 0.1) is 10.1 Å². The fourth-order valence-electron chi connectivity index (χ4n) is 2.73. The van der Waals surface area contributed by atoms with Gasteiger partial charge in [-0.05, 0) is 48.5 Å². The average Bonchev–Trinajstić information content (AvgIpc) is 2.72. The number of anilines is 1. The third-order valence-corrected chi connectivity index (χ3v) is 5.83. The minimum Gasteiger partial charge on any atom is -0.457 e. The number of alkyl halides is 3. The Hall–Kier alpha value is -3.67. The topological polar surface area (TPSA) is 103 Å². The zero-order valence-corrected chi connectivity index (χ0v) is 17.1. The molecule has 0 bridgehead atoms. The lowest BCUT2D eigenvalue weighted by atomic mass is 10.2. The number of halogens is 3. The summed E-state index contributed by atoms with van der Waals surface area (Å²) < 4.78 is 69.8. The number of pyridine rings is 1. The maximum Gasteiger partial charge on any atom is 0.404 e. The molecular weight excluding hydrogens is 451 g/mol. The molecule has 0 radical (unpaired) electrons. The molecule has 0 aliphatic rings. The van der Waals surface area contributed by atoms with Crippen molar-refractivity contribution in [1.29, 1.82) is 0 Å². The molecule has 3 rings (SSSR count). The number of nitrogens with zero attached hydrogens (tertiary/aromatic N) is 3. The summed E-state index contributed by atoms with van der Waals surface area (Å²) in [4.78, 5) is 14.1. The minimum atomic E-state index is -4.92. The summed E-state index contributed by atoms with van der Waals surface area (Å²) >= 11 is 0. The van der Waals surface area contributed by atoms with Gasteiger partial charge in [-0.15, -0.1) is 0 Å². The number of ether oxygens (including phenoxy) is 1. The molecule has 0 atom stereocenters. The van der Waals surface area contributed by atoms with Gasteiger partial charge in [-0.1, -0.05) is 6.07 Å². The fraction of sp³-hybridized carbons (Fsp3) is 0.150. The molecule has 0 saturated heterocycles. The molecule has 1 aromatic heterocycles. The van der Waals surface area contributed by atoms with E-state index >= 15 is 0 Å². The lowest BCUT2D eigenvalue weighted by Crippen LogP contribution is -2.37. The van der Waals surface area contributed by atoms with Crippen molar-refractivity contribution in [3.8, 4) is 11.5 Å². The van der Waals surface area contributed by atoms with Gasteiger partial charge in [0, 0.05) is 18.3 Å². The number of sulfonamides is 1. The standard InChI is InChI=1S/C20H16F3N3O5S/c21-20(22,23)14-32(29,30)25(13-15-3-1-2-12-24-15)16-4-8-18(9-5-16)31-19-10-6-17(7-11-19)26(27)28/h1-12H,13-14H2. The first-order chi connectivity index (χ1) is 15.0. The van der Waals surface area contributed by atoms with Gasteiger partial charge in [0.05, 0.1) is 22.8 Å². The monoisotopic (exact) mass is 467 g/mol. The van der Waals surface area contributed by atoms with Crippen molar-refractivity contribution in [3.05, 3.63) is 88.7 Å². The van der Waals surface area contributed by atoms with E-state index in [4.69, 9.17) is 4.74 Å². The largest absolute Gasteiger partial charge is 0.457 e. The number of non-ortho nitro benzene ring substituents is 1. The molecule has 0 amide bonds. The van der Waals surface area contributed by atoms with Gasteiger partial charge in [0.1, 0.15) is 11.5 Å². The van der Waals surface area contributed by atoms with Crippen molar-refractivity contribution < 1.29 is 31.2 Å². The van der Waals surface area contributed by atoms with Crippen LogP contribution in [-0.4, -0.2) is 30.3 Å². The second-order valence-corrected chi connectivity index (χ2v) is 8.44. The fourth-order valence-corrected chi connectivity index (χ4v) is 4.07. The number of hydrogen-bond acceptors (Lipinski definition) is 6. The third kappa shape index (κ3) is 6.17. The third-order valence-electron chi connectivity index (χ3n) is 4.12. The van der Waals surface area contributed by atoms with Crippen molar-refractivity contribution in [1.82, 2.24) is 4.98 Å². The second kappa shape index (κ2) is 9.22. The highest BCUT2D eigenvalue weighted by Gasteiger charge is 2.38. The van der Waals surface area contributed by atoms with E-state index < -0.39 is 26.9 Å². The van der Waals surface area contributed by atoms with E-state index in [0.29, 0.717) is 10.1 Å². The van der Waals surface area contributed by atoms with Gasteiger partial charge in [-0.25, -0.2) is 8.42 Å². The predicted octanol–water partition coefficient (Wildman–Crippen LogP) is 4.68. The lowest BCUT2D eigenvalue weighted by Gasteiger charge is -2.25. The number of aromatic nitrogens is 1. The van der Waals surface area contributed by atoms with E-state index in [1.165, 1.54) is 60.8 Å². The predicted molar refractivity (Wildman–Crippen MR) is 110 cm³/mol. The van der Waals surface area contributed by atoms with E-state index in [9.17, 15) is 31.7 Å². The normalized spacial score (nSPS) is 11.7. The Bertz CT molecular complexity index is 1170. The summed E-state index contributed by atoms with van der Waals surface area (Å²) in [5, 5.41) is 10.7. The summed E-state index contributed by atoms with van der Waals surface area (Å²) in [5.74, 6) is -1.47. The molecule has 2 aromatic carbocycles. The van der Waals surface area contributed by atoms with E-state index in [2.05, 4.69) is 4.98 Å². The number of rotatable bonds is 8. The molecule has 3 aromatic rings. The maximum absolute atomic E-state index is 12.9. The van der Waals surface area contributed by atoms with Crippen LogP contribution in [0.25, 0.3) is 0 Å². The Morgan fingerprint density at radius 2 is 1.56 bits per heavy atom. The maximum atomic E-state index is 12.9. The molecule has 0 N–H and O–H groups in total. The van der Waals surface area contributed by atoms with Gasteiger partial charge in [0.15, 0.2) is 5.75 Å². The second-order valence-electron chi connectivity index (χ2n) is 6.55. The number of nitro benzene ring substituents is 1. The van der Waals surface area contributed by atoms with Gasteiger partial charge in [0.2, 0.25) is 10.0 Å². The molecule has 0 fully saturated rings. The Morgan fingerprint density at radius 1 is 0.969 bits per heavy atom. The Labute approximate surface area is 181 Å². The molecule has 0 spiro atoms. The highest BCUT2D eigenvalue weighted by molar-refractivity contribution is 7.92. The molecule has 0 unspecified atom stereocenters. The minimum absolute atomic E-state index is 0.00375. The summed E-state index contributed by atoms with van der Waals surface area (Å²) in [6.07, 6.45) is -3.51. The van der Waals surface area contributed by atoms with Crippen molar-refractivity contribution >= 4 is 21.4 Å². The van der Waals surface area contributed by atoms with E-state index in [1.54, 1.807) is 12.1 Å². The van der Waals surface area contributed by atoms with Crippen LogP contribution in [0.15, 0.2) is 72.9 Å². The molecule has 1 heterocycles. The zero-order valence-electron chi connectivity index (χ0n) is 16.3. The summed E-state index contributed by atoms with van der Waals surface area (Å²) in [7, 11) is -4.75. The first kappa shape index (κ1) is 23.0. The average molecular weight is 467 g/mol. The van der Waals surface area contributed by atoms with Crippen LogP contribution in [-0.2, 0) is 16.6 Å². The summed E-state index contributed by atoms with van der Waals surface area (Å²) in [6, 6.07) is 15.3. The SMILES string of the molecule is O=[N+]([O-])c1ccc(Oc2ccc(N(Cc3ccccn3)S(=O)(=O)CC(F)(F)F)cc2)cc1. The lowest BCUT2D eigenvalue weighted by molar-refractivity contribution is -0.384. The molecule has 168 valence electrons. The number of nitro groups is 1. The van der Waals surface area contributed by atoms with Crippen LogP contribution in [0.1, 0.15) is 5.69 Å². The van der Waals surface area contributed by atoms with Crippen LogP contribution < -0.4 is 9.04 Å². The Morgan fingerprint density at radius 3 is 2.06 bits per heavy atom. The van der Waals surface area contributed by atoms with Crippen LogP contribution in [0.4, 0.5) is 24.5 Å². The van der Waals surface area contributed by atoms with E-state index in [-0.39, 0.29) is 29.4 Å². The van der Waals surface area contributed by atoms with Crippen molar-refractivity contribution in [3.63, 3.8) is 0 Å². The van der Waals surface area contributed by atoms with Crippen molar-refractivity contribution in [2.75, 3.05) is 10.1 Å². The van der Waals surface area contributed by atoms with Crippen molar-refractivity contribution in [2.24, 2.45) is 0 Å². The summed E-state index contributed by atoms with van der Waals surface area (Å²) in [6.45, 7) is -0.387. The Balaban J connectivity index is 1.85. The van der Waals surface area contributed by atoms with E-state index in [0.717, 1.165) is 0 Å². The van der Waals surface area contributed by atoms with Gasteiger partial charge in [-0.3, -0.25) is 19.4 Å². The van der Waals surface area contributed by atoms with Gasteiger partial charge >= 0.3 is 6.18 Å². The molecule has 0 aliphatic carbocycles. The summed E-state index contributed by atoms with van der Waals surface area (Å²) in [5.41, 5.74) is 0.146. The zero-order chi connectivity index (χ0) is 23.4. The first-order valence-electron chi connectivity index (χ1n) is 9.03.